The number of nitrogens with one attached hydrogen (secondary N) is 1. The molecular formula is C22H18F2N6O4. The number of carbonyl (C=O) groups is 2. The van der Waals surface area contributed by atoms with E-state index in [1.165, 1.54) is 6.20 Å². The number of alkyl halides is 2. The van der Waals surface area contributed by atoms with Crippen LogP contribution >= 0.6 is 0 Å². The predicted octanol–water partition coefficient (Wildman–Crippen LogP) is 4.01. The third kappa shape index (κ3) is 3.83. The van der Waals surface area contributed by atoms with E-state index < -0.39 is 31.0 Å². The molecule has 1 atom stereocenters. The summed E-state index contributed by atoms with van der Waals surface area (Å²) < 4.78 is 34.4. The first-order valence-electron chi connectivity index (χ1n) is 10.3. The highest BCUT2D eigenvalue weighted by molar-refractivity contribution is 6.04. The molecule has 4 heterocycles. The highest BCUT2D eigenvalue weighted by Gasteiger charge is 2.50. The molecule has 1 unspecified atom stereocenters. The lowest BCUT2D eigenvalue weighted by Gasteiger charge is -2.16. The molecule has 34 heavy (non-hydrogen) atoms. The molecule has 0 spiro atoms. The number of anilines is 1. The van der Waals surface area contributed by atoms with Gasteiger partial charge in [0, 0.05) is 23.9 Å². The average molecular weight is 468 g/mol. The summed E-state index contributed by atoms with van der Waals surface area (Å²) in [6.07, 6.45) is 0.972. The number of nitrogens with zero attached hydrogens (tertiary/aromatic N) is 5. The smallest absolute Gasteiger partial charge is 0.408 e. The van der Waals surface area contributed by atoms with Gasteiger partial charge in [0.2, 0.25) is 11.7 Å². The van der Waals surface area contributed by atoms with Crippen molar-refractivity contribution in [2.24, 2.45) is 0 Å². The summed E-state index contributed by atoms with van der Waals surface area (Å²) in [6.45, 7) is 0.871. The van der Waals surface area contributed by atoms with Crippen molar-refractivity contribution >= 4 is 23.3 Å². The molecule has 1 fully saturated rings. The zero-order chi connectivity index (χ0) is 24.0. The summed E-state index contributed by atoms with van der Waals surface area (Å²) in [5.74, 6) is -3.69. The zero-order valence-electron chi connectivity index (χ0n) is 17.8. The largest absolute Gasteiger partial charge is 0.465 e. The highest BCUT2D eigenvalue weighted by Crippen LogP contribution is 2.41. The molecule has 4 aromatic rings. The maximum absolute atomic E-state index is 13.8. The number of likely N-dealkylation sites (tertiary alicyclic amines) is 1. The minimum absolute atomic E-state index is 0.0841. The van der Waals surface area contributed by atoms with Crippen molar-refractivity contribution < 1.29 is 28.0 Å². The Labute approximate surface area is 190 Å². The van der Waals surface area contributed by atoms with Gasteiger partial charge < -0.3 is 14.9 Å². The molecule has 2 amide bonds. The normalized spacial score (nSPS) is 17.3. The maximum Gasteiger partial charge on any atom is 0.408 e. The first-order chi connectivity index (χ1) is 16.2. The number of pyridine rings is 1. The Hall–Kier alpha value is -4.35. The Morgan fingerprint density at radius 2 is 2.09 bits per heavy atom. The van der Waals surface area contributed by atoms with Gasteiger partial charge in [-0.2, -0.15) is 4.98 Å². The quantitative estimate of drug-likeness (QED) is 0.464. The Kier molecular flexibility index (Phi) is 5.00. The van der Waals surface area contributed by atoms with Crippen LogP contribution in [-0.2, 0) is 0 Å². The maximum atomic E-state index is 13.8. The number of aromatic nitrogens is 4. The lowest BCUT2D eigenvalue weighted by atomic mass is 10.1. The number of imidazole rings is 1. The van der Waals surface area contributed by atoms with Gasteiger partial charge >= 0.3 is 6.09 Å². The molecule has 10 nitrogen and oxygen atoms in total. The molecular weight excluding hydrogens is 450 g/mol. The number of fused-ring (bicyclic) bond motifs is 1. The molecule has 5 rings (SSSR count). The molecule has 0 radical (unpaired) electrons. The van der Waals surface area contributed by atoms with Crippen LogP contribution in [-0.4, -0.2) is 54.0 Å². The van der Waals surface area contributed by atoms with Crippen molar-refractivity contribution in [3.63, 3.8) is 0 Å². The van der Waals surface area contributed by atoms with E-state index in [0.29, 0.717) is 27.5 Å². The fourth-order valence-electron chi connectivity index (χ4n) is 3.91. The van der Waals surface area contributed by atoms with Gasteiger partial charge in [0.25, 0.3) is 11.8 Å². The van der Waals surface area contributed by atoms with Crippen LogP contribution in [0.1, 0.15) is 34.4 Å². The number of halogens is 2. The van der Waals surface area contributed by atoms with Crippen LogP contribution in [0.15, 0.2) is 53.3 Å². The van der Waals surface area contributed by atoms with Crippen LogP contribution in [0.5, 0.6) is 0 Å². The minimum Gasteiger partial charge on any atom is -0.465 e. The lowest BCUT2D eigenvalue weighted by molar-refractivity contribution is 0.0125. The van der Waals surface area contributed by atoms with Gasteiger partial charge in [0.15, 0.2) is 0 Å². The number of rotatable bonds is 4. The Bertz CT molecular complexity index is 1420. The van der Waals surface area contributed by atoms with Gasteiger partial charge in [-0.1, -0.05) is 23.4 Å². The first-order valence-corrected chi connectivity index (χ1v) is 10.3. The van der Waals surface area contributed by atoms with Crippen molar-refractivity contribution in [1.29, 1.82) is 0 Å². The number of amides is 2. The summed E-state index contributed by atoms with van der Waals surface area (Å²) in [4.78, 5) is 33.2. The fourth-order valence-corrected chi connectivity index (χ4v) is 3.91. The molecule has 0 bridgehead atoms. The van der Waals surface area contributed by atoms with Crippen molar-refractivity contribution in [2.75, 3.05) is 11.9 Å². The summed E-state index contributed by atoms with van der Waals surface area (Å²) in [5.41, 5.74) is 2.69. The van der Waals surface area contributed by atoms with Gasteiger partial charge in [-0.15, -0.1) is 0 Å². The van der Waals surface area contributed by atoms with E-state index in [4.69, 9.17) is 4.52 Å². The number of carbonyl (C=O) groups excluding carboxylic acids is 1. The number of aryl methyl sites for hydroxylation is 1. The van der Waals surface area contributed by atoms with Gasteiger partial charge in [-0.25, -0.2) is 18.6 Å². The van der Waals surface area contributed by atoms with E-state index in [0.717, 1.165) is 5.56 Å². The van der Waals surface area contributed by atoms with E-state index in [1.807, 2.05) is 6.07 Å². The standard InChI is InChI=1S/C22H18F2N6O4/c1-12-5-6-13(8-14(12)26-19(31)16-10-25-17-4-2-3-7-29(16)17)18-27-20(34-28-18)15-9-22(23,24)11-30(15)21(32)33/h2-8,10,15H,9,11H2,1H3,(H,26,31)(H,32,33). The van der Waals surface area contributed by atoms with Crippen molar-refractivity contribution in [1.82, 2.24) is 24.4 Å². The van der Waals surface area contributed by atoms with Gasteiger partial charge in [-0.3, -0.25) is 14.1 Å². The monoisotopic (exact) mass is 468 g/mol. The summed E-state index contributed by atoms with van der Waals surface area (Å²) in [6, 6.07) is 9.20. The summed E-state index contributed by atoms with van der Waals surface area (Å²) in [7, 11) is 0. The Morgan fingerprint density at radius 3 is 2.88 bits per heavy atom. The second-order valence-corrected chi connectivity index (χ2v) is 8.00. The average Bonchev–Trinajstić information content (AvgIpc) is 3.51. The predicted molar refractivity (Wildman–Crippen MR) is 115 cm³/mol. The molecule has 2 N–H and O–H groups in total. The summed E-state index contributed by atoms with van der Waals surface area (Å²) >= 11 is 0. The van der Waals surface area contributed by atoms with E-state index in [2.05, 4.69) is 20.4 Å². The molecule has 1 aliphatic heterocycles. The molecule has 0 saturated carbocycles. The topological polar surface area (TPSA) is 126 Å². The third-order valence-electron chi connectivity index (χ3n) is 5.64. The van der Waals surface area contributed by atoms with Crippen molar-refractivity contribution in [3.05, 3.63) is 65.9 Å². The van der Waals surface area contributed by atoms with Crippen LogP contribution in [0.3, 0.4) is 0 Å². The van der Waals surface area contributed by atoms with Crippen LogP contribution in [0.25, 0.3) is 17.0 Å². The highest BCUT2D eigenvalue weighted by atomic mass is 19.3. The number of hydrogen-bond donors (Lipinski definition) is 2. The van der Waals surface area contributed by atoms with Crippen LogP contribution in [0.2, 0.25) is 0 Å². The van der Waals surface area contributed by atoms with Crippen molar-refractivity contribution in [2.45, 2.75) is 25.3 Å². The van der Waals surface area contributed by atoms with Gasteiger partial charge in [-0.05, 0) is 30.7 Å². The van der Waals surface area contributed by atoms with E-state index >= 15 is 0 Å². The lowest BCUT2D eigenvalue weighted by Crippen LogP contribution is -2.31. The molecule has 12 heteroatoms. The Morgan fingerprint density at radius 1 is 1.26 bits per heavy atom. The molecule has 0 aliphatic carbocycles. The number of hydrogen-bond acceptors (Lipinski definition) is 6. The van der Waals surface area contributed by atoms with Crippen LogP contribution < -0.4 is 5.32 Å². The van der Waals surface area contributed by atoms with E-state index in [9.17, 15) is 23.5 Å². The van der Waals surface area contributed by atoms with Crippen LogP contribution in [0.4, 0.5) is 19.3 Å². The number of benzene rings is 1. The zero-order valence-corrected chi connectivity index (χ0v) is 17.8. The molecule has 1 saturated heterocycles. The number of carboxylic acid groups (broad SMARTS) is 1. The van der Waals surface area contributed by atoms with Crippen LogP contribution in [0, 0.1) is 6.92 Å². The minimum atomic E-state index is -3.18. The molecule has 1 aliphatic rings. The van der Waals surface area contributed by atoms with Crippen molar-refractivity contribution in [3.8, 4) is 11.4 Å². The first kappa shape index (κ1) is 21.5. The molecule has 174 valence electrons. The third-order valence-corrected chi connectivity index (χ3v) is 5.64. The molecule has 1 aromatic carbocycles. The summed E-state index contributed by atoms with van der Waals surface area (Å²) in [5, 5.41) is 15.9. The van der Waals surface area contributed by atoms with Gasteiger partial charge in [0.1, 0.15) is 17.4 Å². The fraction of sp³-hybridized carbons (Fsp3) is 0.227. The van der Waals surface area contributed by atoms with Gasteiger partial charge in [0.05, 0.1) is 12.7 Å². The second kappa shape index (κ2) is 7.90. The second-order valence-electron chi connectivity index (χ2n) is 8.00. The molecule has 3 aromatic heterocycles. The Balaban J connectivity index is 1.41. The van der Waals surface area contributed by atoms with E-state index in [1.54, 1.807) is 47.9 Å². The SMILES string of the molecule is Cc1ccc(-c2noc(C3CC(F)(F)CN3C(=O)O)n2)cc1NC(=O)c1cnc2ccccn12. The van der Waals surface area contributed by atoms with E-state index in [-0.39, 0.29) is 17.6 Å².